The van der Waals surface area contributed by atoms with Crippen molar-refractivity contribution in [1.29, 1.82) is 0 Å². The molecule has 6 heteroatoms. The van der Waals surface area contributed by atoms with Crippen LogP contribution >= 0.6 is 0 Å². The molecule has 0 amide bonds. The number of hydrogen-bond acceptors (Lipinski definition) is 6. The number of rotatable bonds is 6. The van der Waals surface area contributed by atoms with Crippen LogP contribution in [0.15, 0.2) is 72.9 Å². The van der Waals surface area contributed by atoms with Crippen LogP contribution in [0.25, 0.3) is 6.08 Å². The first-order chi connectivity index (χ1) is 14.3. The highest BCUT2D eigenvalue weighted by atomic mass is 15.4. The topological polar surface area (TPSA) is 48.4 Å². The van der Waals surface area contributed by atoms with E-state index in [0.717, 1.165) is 44.2 Å². The molecule has 0 bridgehead atoms. The Hall–Kier alpha value is -3.25. The van der Waals surface area contributed by atoms with E-state index in [1.54, 1.807) is 6.20 Å². The molecular weight excluding hydrogens is 360 g/mol. The molecule has 6 nitrogen and oxygen atoms in total. The second-order valence-electron chi connectivity index (χ2n) is 7.11. The highest BCUT2D eigenvalue weighted by Gasteiger charge is 2.19. The van der Waals surface area contributed by atoms with E-state index in [-0.39, 0.29) is 0 Å². The van der Waals surface area contributed by atoms with Crippen molar-refractivity contribution in [1.82, 2.24) is 20.1 Å². The van der Waals surface area contributed by atoms with Crippen LogP contribution in [0, 0.1) is 0 Å². The van der Waals surface area contributed by atoms with Gasteiger partial charge in [-0.1, -0.05) is 60.7 Å². The van der Waals surface area contributed by atoms with Gasteiger partial charge in [-0.25, -0.2) is 0 Å². The van der Waals surface area contributed by atoms with Gasteiger partial charge in [-0.2, -0.15) is 10.1 Å². The number of anilines is 3. The molecule has 0 aliphatic carbocycles. The lowest BCUT2D eigenvalue weighted by Gasteiger charge is -2.34. The fourth-order valence-corrected chi connectivity index (χ4v) is 3.40. The number of benzene rings is 2. The molecule has 0 N–H and O–H groups in total. The molecular formula is C23H26N6. The van der Waals surface area contributed by atoms with Crippen molar-refractivity contribution < 1.29 is 0 Å². The maximum Gasteiger partial charge on any atom is 0.247 e. The van der Waals surface area contributed by atoms with Crippen LogP contribution in [0.4, 0.5) is 17.5 Å². The van der Waals surface area contributed by atoms with E-state index in [9.17, 15) is 0 Å². The van der Waals surface area contributed by atoms with Crippen molar-refractivity contribution in [2.24, 2.45) is 0 Å². The summed E-state index contributed by atoms with van der Waals surface area (Å²) in [5, 5.41) is 8.46. The van der Waals surface area contributed by atoms with Crippen LogP contribution in [0.1, 0.15) is 5.56 Å². The van der Waals surface area contributed by atoms with Gasteiger partial charge in [0.05, 0.1) is 6.20 Å². The molecule has 0 atom stereocenters. The number of hydrogen-bond donors (Lipinski definition) is 0. The predicted octanol–water partition coefficient (Wildman–Crippen LogP) is 3.47. The van der Waals surface area contributed by atoms with Crippen LogP contribution in [-0.2, 0) is 0 Å². The summed E-state index contributed by atoms with van der Waals surface area (Å²) < 4.78 is 0. The third kappa shape index (κ3) is 4.97. The minimum Gasteiger partial charge on any atom is -0.337 e. The molecule has 1 saturated heterocycles. The van der Waals surface area contributed by atoms with E-state index in [4.69, 9.17) is 4.98 Å². The molecule has 1 aromatic heterocycles. The molecule has 148 valence electrons. The third-order valence-electron chi connectivity index (χ3n) is 5.15. The molecule has 29 heavy (non-hydrogen) atoms. The molecule has 0 radical (unpaired) electrons. The summed E-state index contributed by atoms with van der Waals surface area (Å²) in [5.41, 5.74) is 2.32. The average Bonchev–Trinajstić information content (AvgIpc) is 2.80. The molecule has 3 aromatic rings. The lowest BCUT2D eigenvalue weighted by Crippen LogP contribution is -2.47. The average molecular weight is 387 g/mol. The molecule has 0 saturated carbocycles. The SMILES string of the molecule is CN(c1ccccc1)c1cnnc(N2CCN(C/C=C/c3ccccc3)CC2)n1. The summed E-state index contributed by atoms with van der Waals surface area (Å²) in [6.07, 6.45) is 6.13. The van der Waals surface area contributed by atoms with E-state index in [2.05, 4.69) is 68.5 Å². The fraction of sp³-hybridized carbons (Fsp3) is 0.261. The Balaban J connectivity index is 1.33. The van der Waals surface area contributed by atoms with Crippen molar-refractivity contribution in [3.05, 3.63) is 78.5 Å². The van der Waals surface area contributed by atoms with Crippen LogP contribution in [0.3, 0.4) is 0 Å². The van der Waals surface area contributed by atoms with Crippen molar-refractivity contribution in [2.75, 3.05) is 49.6 Å². The van der Waals surface area contributed by atoms with E-state index in [1.165, 1.54) is 5.56 Å². The zero-order valence-electron chi connectivity index (χ0n) is 16.7. The Morgan fingerprint density at radius 2 is 1.62 bits per heavy atom. The van der Waals surface area contributed by atoms with Crippen molar-refractivity contribution in [2.45, 2.75) is 0 Å². The monoisotopic (exact) mass is 386 g/mol. The minimum atomic E-state index is 0.699. The Bertz CT molecular complexity index is 920. The van der Waals surface area contributed by atoms with E-state index in [0.29, 0.717) is 5.95 Å². The smallest absolute Gasteiger partial charge is 0.247 e. The summed E-state index contributed by atoms with van der Waals surface area (Å²) in [5.74, 6) is 1.50. The first kappa shape index (κ1) is 19.1. The van der Waals surface area contributed by atoms with Gasteiger partial charge in [0, 0.05) is 45.5 Å². The lowest BCUT2D eigenvalue weighted by atomic mass is 10.2. The van der Waals surface area contributed by atoms with Gasteiger partial charge in [0.25, 0.3) is 0 Å². The number of nitrogens with zero attached hydrogens (tertiary/aromatic N) is 6. The highest BCUT2D eigenvalue weighted by molar-refractivity contribution is 5.58. The summed E-state index contributed by atoms with van der Waals surface area (Å²) in [6, 6.07) is 20.6. The van der Waals surface area contributed by atoms with E-state index in [1.807, 2.05) is 36.2 Å². The van der Waals surface area contributed by atoms with E-state index >= 15 is 0 Å². The predicted molar refractivity (Wildman–Crippen MR) is 118 cm³/mol. The van der Waals surface area contributed by atoms with Gasteiger partial charge in [0.15, 0.2) is 5.82 Å². The summed E-state index contributed by atoms with van der Waals surface area (Å²) in [4.78, 5) is 11.4. The lowest BCUT2D eigenvalue weighted by molar-refractivity contribution is 0.282. The first-order valence-corrected chi connectivity index (χ1v) is 9.97. The summed E-state index contributed by atoms with van der Waals surface area (Å²) >= 11 is 0. The van der Waals surface area contributed by atoms with Gasteiger partial charge < -0.3 is 9.80 Å². The number of piperazine rings is 1. The van der Waals surface area contributed by atoms with Gasteiger partial charge >= 0.3 is 0 Å². The molecule has 1 fully saturated rings. The molecule has 1 aliphatic rings. The molecule has 2 aromatic carbocycles. The maximum atomic E-state index is 4.75. The summed E-state index contributed by atoms with van der Waals surface area (Å²) in [6.45, 7) is 4.74. The number of aromatic nitrogens is 3. The second kappa shape index (κ2) is 9.30. The number of para-hydroxylation sites is 1. The largest absolute Gasteiger partial charge is 0.337 e. The second-order valence-corrected chi connectivity index (χ2v) is 7.11. The Labute approximate surface area is 172 Å². The molecule has 0 spiro atoms. The van der Waals surface area contributed by atoms with Crippen molar-refractivity contribution in [3.63, 3.8) is 0 Å². The third-order valence-corrected chi connectivity index (χ3v) is 5.15. The van der Waals surface area contributed by atoms with Crippen molar-refractivity contribution >= 4 is 23.5 Å². The van der Waals surface area contributed by atoms with Crippen LogP contribution in [0.5, 0.6) is 0 Å². The van der Waals surface area contributed by atoms with Crippen LogP contribution in [0.2, 0.25) is 0 Å². The first-order valence-electron chi connectivity index (χ1n) is 9.97. The van der Waals surface area contributed by atoms with Gasteiger partial charge in [-0.15, -0.1) is 5.10 Å². The quantitative estimate of drug-likeness (QED) is 0.646. The fourth-order valence-electron chi connectivity index (χ4n) is 3.40. The molecule has 4 rings (SSSR count). The van der Waals surface area contributed by atoms with Gasteiger partial charge in [-0.05, 0) is 17.7 Å². The highest BCUT2D eigenvalue weighted by Crippen LogP contribution is 2.22. The molecule has 0 unspecified atom stereocenters. The maximum absolute atomic E-state index is 4.75. The van der Waals surface area contributed by atoms with Gasteiger partial charge in [0.2, 0.25) is 5.95 Å². The standard InChI is InChI=1S/C23H26N6/c1-27(21-12-6-3-7-13-21)22-19-24-26-23(25-22)29-17-15-28(16-18-29)14-8-11-20-9-4-2-5-10-20/h2-13,19H,14-18H2,1H3/b11-8+. The zero-order chi connectivity index (χ0) is 19.9. The van der Waals surface area contributed by atoms with Crippen LogP contribution in [-0.4, -0.2) is 59.9 Å². The van der Waals surface area contributed by atoms with Crippen LogP contribution < -0.4 is 9.80 Å². The van der Waals surface area contributed by atoms with Crippen molar-refractivity contribution in [3.8, 4) is 0 Å². The van der Waals surface area contributed by atoms with Gasteiger partial charge in [-0.3, -0.25) is 4.90 Å². The molecule has 2 heterocycles. The molecule has 1 aliphatic heterocycles. The van der Waals surface area contributed by atoms with Gasteiger partial charge in [0.1, 0.15) is 0 Å². The Morgan fingerprint density at radius 1 is 0.931 bits per heavy atom. The minimum absolute atomic E-state index is 0.699. The Kier molecular flexibility index (Phi) is 6.12. The summed E-state index contributed by atoms with van der Waals surface area (Å²) in [7, 11) is 2.00. The van der Waals surface area contributed by atoms with E-state index < -0.39 is 0 Å². The zero-order valence-corrected chi connectivity index (χ0v) is 16.7. The normalized spacial score (nSPS) is 15.0. The Morgan fingerprint density at radius 3 is 2.34 bits per heavy atom.